The van der Waals surface area contributed by atoms with Crippen LogP contribution in [0.2, 0.25) is 0 Å². The van der Waals surface area contributed by atoms with Crippen molar-refractivity contribution in [2.45, 2.75) is 19.9 Å². The van der Waals surface area contributed by atoms with E-state index < -0.39 is 0 Å². The fourth-order valence-electron chi connectivity index (χ4n) is 2.26. The van der Waals surface area contributed by atoms with E-state index in [1.165, 1.54) is 0 Å². The van der Waals surface area contributed by atoms with Gasteiger partial charge in [-0.25, -0.2) is 0 Å². The maximum absolute atomic E-state index is 5.69. The number of fused-ring (bicyclic) bond motifs is 1. The van der Waals surface area contributed by atoms with Crippen LogP contribution in [0.1, 0.15) is 24.5 Å². The van der Waals surface area contributed by atoms with Crippen molar-refractivity contribution in [2.75, 3.05) is 7.11 Å². The van der Waals surface area contributed by atoms with Gasteiger partial charge in [0.15, 0.2) is 10.4 Å². The standard InChI is InChI=1S/C14H15N3O2S/c1-8-4-6-11(19-8)9(2)17-13-10(15-14(17)20)5-7-12(16-13)18-3/h4-7,9H,1-3H3,(H,15,20). The van der Waals surface area contributed by atoms with Crippen LogP contribution < -0.4 is 4.74 Å². The third-order valence-electron chi connectivity index (χ3n) is 3.31. The van der Waals surface area contributed by atoms with Crippen LogP contribution in [0.25, 0.3) is 11.2 Å². The average Bonchev–Trinajstić information content (AvgIpc) is 3.00. The quantitative estimate of drug-likeness (QED) is 0.748. The molecule has 1 atom stereocenters. The Morgan fingerprint density at radius 3 is 2.80 bits per heavy atom. The van der Waals surface area contributed by atoms with E-state index in [1.807, 2.05) is 36.6 Å². The second-order valence-electron chi connectivity index (χ2n) is 4.65. The van der Waals surface area contributed by atoms with Crippen LogP contribution in [-0.4, -0.2) is 21.6 Å². The van der Waals surface area contributed by atoms with Gasteiger partial charge in [-0.2, -0.15) is 4.98 Å². The third-order valence-corrected chi connectivity index (χ3v) is 3.61. The summed E-state index contributed by atoms with van der Waals surface area (Å²) in [5, 5.41) is 0. The van der Waals surface area contributed by atoms with E-state index in [2.05, 4.69) is 9.97 Å². The van der Waals surface area contributed by atoms with Crippen molar-refractivity contribution >= 4 is 23.4 Å². The van der Waals surface area contributed by atoms with Gasteiger partial charge in [0.25, 0.3) is 0 Å². The highest BCUT2D eigenvalue weighted by Gasteiger charge is 2.17. The number of hydrogen-bond donors (Lipinski definition) is 1. The van der Waals surface area contributed by atoms with Crippen molar-refractivity contribution in [1.82, 2.24) is 14.5 Å². The largest absolute Gasteiger partial charge is 0.481 e. The Morgan fingerprint density at radius 2 is 2.15 bits per heavy atom. The molecule has 20 heavy (non-hydrogen) atoms. The zero-order chi connectivity index (χ0) is 14.3. The summed E-state index contributed by atoms with van der Waals surface area (Å²) in [6.07, 6.45) is 0. The molecule has 3 aromatic heterocycles. The number of methoxy groups -OCH3 is 1. The van der Waals surface area contributed by atoms with Gasteiger partial charge in [0.1, 0.15) is 11.5 Å². The molecule has 0 saturated carbocycles. The van der Waals surface area contributed by atoms with E-state index in [4.69, 9.17) is 21.4 Å². The summed E-state index contributed by atoms with van der Waals surface area (Å²) < 4.78 is 13.4. The average molecular weight is 289 g/mol. The number of aryl methyl sites for hydroxylation is 1. The van der Waals surface area contributed by atoms with Crippen molar-refractivity contribution in [3.05, 3.63) is 40.6 Å². The first-order valence-electron chi connectivity index (χ1n) is 6.31. The van der Waals surface area contributed by atoms with E-state index in [1.54, 1.807) is 13.2 Å². The van der Waals surface area contributed by atoms with Crippen LogP contribution in [0.4, 0.5) is 0 Å². The lowest BCUT2D eigenvalue weighted by molar-refractivity contribution is 0.397. The number of ether oxygens (including phenoxy) is 1. The predicted octanol–water partition coefficient (Wildman–Crippen LogP) is 3.61. The molecule has 0 aliphatic carbocycles. The molecular formula is C14H15N3O2S. The molecule has 0 fully saturated rings. The molecule has 0 amide bonds. The Bertz CT molecular complexity index is 815. The smallest absolute Gasteiger partial charge is 0.215 e. The van der Waals surface area contributed by atoms with E-state index in [0.717, 1.165) is 22.7 Å². The molecule has 0 aromatic carbocycles. The Hall–Kier alpha value is -2.08. The first-order valence-corrected chi connectivity index (χ1v) is 6.72. The molecule has 0 spiro atoms. The van der Waals surface area contributed by atoms with Gasteiger partial charge >= 0.3 is 0 Å². The first-order chi connectivity index (χ1) is 9.60. The lowest BCUT2D eigenvalue weighted by Gasteiger charge is -2.11. The molecule has 6 heteroatoms. The number of imidazole rings is 1. The lowest BCUT2D eigenvalue weighted by Crippen LogP contribution is -2.07. The Kier molecular flexibility index (Phi) is 3.10. The van der Waals surface area contributed by atoms with E-state index in [0.29, 0.717) is 10.7 Å². The number of nitrogens with zero attached hydrogens (tertiary/aromatic N) is 2. The predicted molar refractivity (Wildman–Crippen MR) is 78.7 cm³/mol. The number of H-pyrrole nitrogens is 1. The van der Waals surface area contributed by atoms with Crippen molar-refractivity contribution < 1.29 is 9.15 Å². The summed E-state index contributed by atoms with van der Waals surface area (Å²) in [7, 11) is 1.60. The minimum Gasteiger partial charge on any atom is -0.481 e. The normalized spacial score (nSPS) is 12.8. The summed E-state index contributed by atoms with van der Waals surface area (Å²) in [4.78, 5) is 7.62. The van der Waals surface area contributed by atoms with Crippen molar-refractivity contribution in [3.63, 3.8) is 0 Å². The topological polar surface area (TPSA) is 56.0 Å². The molecule has 0 bridgehead atoms. The van der Waals surface area contributed by atoms with E-state index in [-0.39, 0.29) is 6.04 Å². The van der Waals surface area contributed by atoms with E-state index >= 15 is 0 Å². The van der Waals surface area contributed by atoms with Crippen LogP contribution in [0.3, 0.4) is 0 Å². The van der Waals surface area contributed by atoms with Gasteiger partial charge in [0.2, 0.25) is 5.88 Å². The monoisotopic (exact) mass is 289 g/mol. The Morgan fingerprint density at radius 1 is 1.35 bits per heavy atom. The van der Waals surface area contributed by atoms with Gasteiger partial charge in [-0.1, -0.05) is 0 Å². The van der Waals surface area contributed by atoms with Gasteiger partial charge in [-0.3, -0.25) is 4.57 Å². The van der Waals surface area contributed by atoms with Gasteiger partial charge < -0.3 is 14.1 Å². The second kappa shape index (κ2) is 4.79. The van der Waals surface area contributed by atoms with Crippen LogP contribution in [0.15, 0.2) is 28.7 Å². The zero-order valence-electron chi connectivity index (χ0n) is 11.5. The molecule has 3 rings (SSSR count). The van der Waals surface area contributed by atoms with Crippen LogP contribution in [0.5, 0.6) is 5.88 Å². The number of nitrogens with one attached hydrogen (secondary N) is 1. The summed E-state index contributed by atoms with van der Waals surface area (Å²) in [5.41, 5.74) is 1.64. The summed E-state index contributed by atoms with van der Waals surface area (Å²) >= 11 is 5.40. The van der Waals surface area contributed by atoms with Crippen molar-refractivity contribution in [1.29, 1.82) is 0 Å². The highest BCUT2D eigenvalue weighted by molar-refractivity contribution is 7.71. The van der Waals surface area contributed by atoms with Gasteiger partial charge in [-0.15, -0.1) is 0 Å². The van der Waals surface area contributed by atoms with Gasteiger partial charge in [0.05, 0.1) is 18.7 Å². The van der Waals surface area contributed by atoms with Crippen molar-refractivity contribution in [3.8, 4) is 5.88 Å². The van der Waals surface area contributed by atoms with Crippen LogP contribution >= 0.6 is 12.2 Å². The van der Waals surface area contributed by atoms with Gasteiger partial charge in [0, 0.05) is 6.07 Å². The van der Waals surface area contributed by atoms with Crippen molar-refractivity contribution in [2.24, 2.45) is 0 Å². The van der Waals surface area contributed by atoms with Crippen LogP contribution in [-0.2, 0) is 0 Å². The third kappa shape index (κ3) is 2.02. The van der Waals surface area contributed by atoms with E-state index in [9.17, 15) is 0 Å². The molecule has 5 nitrogen and oxygen atoms in total. The molecule has 0 radical (unpaired) electrons. The Balaban J connectivity index is 2.19. The number of pyridine rings is 1. The lowest BCUT2D eigenvalue weighted by atomic mass is 10.2. The fraction of sp³-hybridized carbons (Fsp3) is 0.286. The fourth-order valence-corrected chi connectivity index (χ4v) is 2.62. The number of hydrogen-bond acceptors (Lipinski definition) is 4. The number of aromatic nitrogens is 3. The molecule has 3 aromatic rings. The number of furan rings is 1. The van der Waals surface area contributed by atoms with Crippen LogP contribution in [0, 0.1) is 11.7 Å². The summed E-state index contributed by atoms with van der Waals surface area (Å²) in [5.74, 6) is 2.29. The molecule has 1 N–H and O–H groups in total. The maximum Gasteiger partial charge on any atom is 0.215 e. The summed E-state index contributed by atoms with van der Waals surface area (Å²) in [6, 6.07) is 7.58. The number of aromatic amines is 1. The Labute approximate surface area is 121 Å². The highest BCUT2D eigenvalue weighted by atomic mass is 32.1. The first kappa shape index (κ1) is 12.9. The second-order valence-corrected chi connectivity index (χ2v) is 5.04. The molecule has 0 saturated heterocycles. The summed E-state index contributed by atoms with van der Waals surface area (Å²) in [6.45, 7) is 3.95. The zero-order valence-corrected chi connectivity index (χ0v) is 12.3. The molecule has 104 valence electrons. The SMILES string of the molecule is COc1ccc2[nH]c(=S)n(C(C)c3ccc(C)o3)c2n1. The van der Waals surface area contributed by atoms with Gasteiger partial charge in [-0.05, 0) is 44.3 Å². The minimum atomic E-state index is -0.0374. The molecule has 1 unspecified atom stereocenters. The maximum atomic E-state index is 5.69. The molecular weight excluding hydrogens is 274 g/mol. The molecule has 3 heterocycles. The molecule has 0 aliphatic rings. The minimum absolute atomic E-state index is 0.0374. The number of rotatable bonds is 3. The molecule has 0 aliphatic heterocycles. The highest BCUT2D eigenvalue weighted by Crippen LogP contribution is 2.25.